The van der Waals surface area contributed by atoms with Gasteiger partial charge in [-0.05, 0) is 0 Å². The minimum Gasteiger partial charge on any atom is -0.750 e. The van der Waals surface area contributed by atoms with Crippen LogP contribution < -0.4 is 0 Å². The van der Waals surface area contributed by atoms with Crippen LogP contribution in [0.15, 0.2) is 0 Å². The molecule has 0 aromatic rings. The summed E-state index contributed by atoms with van der Waals surface area (Å²) in [5.41, 5.74) is 0. The summed E-state index contributed by atoms with van der Waals surface area (Å²) in [6.07, 6.45) is 0.317. The zero-order valence-electron chi connectivity index (χ0n) is 3.12. The molecule has 0 heterocycles. The van der Waals surface area contributed by atoms with Crippen molar-refractivity contribution < 1.29 is 17.9 Å². The molecule has 0 radical (unpaired) electrons. The van der Waals surface area contributed by atoms with Gasteiger partial charge in [0.1, 0.15) is 0 Å². The van der Waals surface area contributed by atoms with Crippen molar-refractivity contribution in [3.05, 3.63) is 0 Å². The summed E-state index contributed by atoms with van der Waals surface area (Å²) in [5, 5.41) is 0. The Balaban J connectivity index is 4.16. The molecule has 5 heteroatoms. The summed E-state index contributed by atoms with van der Waals surface area (Å²) >= 11 is 0. The Bertz CT molecular complexity index is 85.2. The van der Waals surface area contributed by atoms with E-state index in [0.717, 1.165) is 0 Å². The molecule has 0 atom stereocenters. The molecule has 4 nitrogen and oxygen atoms in total. The topological polar surface area (TPSA) is 80.6 Å². The molecule has 0 aliphatic carbocycles. The van der Waals surface area contributed by atoms with Crippen LogP contribution in [0.1, 0.15) is 0 Å². The van der Waals surface area contributed by atoms with Gasteiger partial charge in [-0.25, -0.2) is 4.21 Å². The summed E-state index contributed by atoms with van der Waals surface area (Å²) in [4.78, 5) is 0. The number of rotatable bonds is 0. The van der Waals surface area contributed by atoms with E-state index in [-0.39, 0.29) is 0 Å². The fourth-order valence-electron chi connectivity index (χ4n) is 0. The van der Waals surface area contributed by atoms with Gasteiger partial charge < -0.3 is 13.7 Å². The Morgan fingerprint density at radius 3 is 1.67 bits per heavy atom. The largest absolute Gasteiger partial charge is 0.750 e. The monoisotopic (exact) mass is 113 g/mol. The maximum atomic E-state index is 9.34. The van der Waals surface area contributed by atoms with E-state index >= 15 is 0 Å². The molecule has 0 fully saturated rings. The first-order valence-electron chi connectivity index (χ1n) is 1.11. The molecular formula is CH5O4S-. The average molecular weight is 113 g/mol. The van der Waals surface area contributed by atoms with Crippen LogP contribution in [0, 0.1) is 0 Å². The van der Waals surface area contributed by atoms with Gasteiger partial charge in [-0.3, -0.25) is 0 Å². The van der Waals surface area contributed by atoms with Gasteiger partial charge in [0.2, 0.25) is 0 Å². The highest BCUT2D eigenvalue weighted by Gasteiger charge is 1.99. The van der Waals surface area contributed by atoms with E-state index in [1.807, 2.05) is 0 Å². The Kier molecular flexibility index (Phi) is 0.816. The molecule has 0 rings (SSSR count). The summed E-state index contributed by atoms with van der Waals surface area (Å²) in [7, 11) is -5.35. The van der Waals surface area contributed by atoms with E-state index in [4.69, 9.17) is 9.11 Å². The quantitative estimate of drug-likeness (QED) is 0.444. The van der Waals surface area contributed by atoms with E-state index in [0.29, 0.717) is 6.26 Å². The van der Waals surface area contributed by atoms with Crippen molar-refractivity contribution in [2.75, 3.05) is 6.26 Å². The minimum absolute atomic E-state index is 0.317. The van der Waals surface area contributed by atoms with E-state index in [1.165, 1.54) is 0 Å². The predicted octanol–water partition coefficient (Wildman–Crippen LogP) is -0.487. The molecule has 0 aromatic heterocycles. The Morgan fingerprint density at radius 1 is 1.67 bits per heavy atom. The van der Waals surface area contributed by atoms with Crippen LogP contribution >= 0.6 is 0 Å². The lowest BCUT2D eigenvalue weighted by Crippen LogP contribution is -2.27. The van der Waals surface area contributed by atoms with Crippen molar-refractivity contribution >= 4 is 9.91 Å². The lowest BCUT2D eigenvalue weighted by atomic mass is 12.0. The van der Waals surface area contributed by atoms with Gasteiger partial charge in [0.15, 0.2) is 0 Å². The van der Waals surface area contributed by atoms with Gasteiger partial charge in [-0.2, -0.15) is 0 Å². The van der Waals surface area contributed by atoms with Crippen molar-refractivity contribution in [2.45, 2.75) is 0 Å². The van der Waals surface area contributed by atoms with E-state index in [1.54, 1.807) is 0 Å². The molecule has 0 saturated carbocycles. The second-order valence-corrected chi connectivity index (χ2v) is 3.44. The molecule has 0 aromatic carbocycles. The highest BCUT2D eigenvalue weighted by atomic mass is 32.3. The van der Waals surface area contributed by atoms with Crippen molar-refractivity contribution in [1.29, 1.82) is 0 Å². The van der Waals surface area contributed by atoms with Gasteiger partial charge in [-0.15, -0.1) is 0 Å². The molecule has 0 aliphatic heterocycles. The third kappa shape index (κ3) is 41100. The molecule has 40 valence electrons. The van der Waals surface area contributed by atoms with Gasteiger partial charge in [0, 0.05) is 16.2 Å². The maximum absolute atomic E-state index is 9.34. The van der Waals surface area contributed by atoms with Crippen LogP contribution in [0.4, 0.5) is 0 Å². The van der Waals surface area contributed by atoms with Crippen LogP contribution in [-0.4, -0.2) is 24.1 Å². The normalized spacial score (nSPS) is 19.0. The van der Waals surface area contributed by atoms with Crippen molar-refractivity contribution in [2.24, 2.45) is 0 Å². The molecule has 0 unspecified atom stereocenters. The second kappa shape index (κ2) is 0.812. The van der Waals surface area contributed by atoms with Crippen LogP contribution in [0.2, 0.25) is 0 Å². The third-order valence-electron chi connectivity index (χ3n) is 0. The number of hydrogen-bond acceptors (Lipinski definition) is 2. The highest BCUT2D eigenvalue weighted by molar-refractivity contribution is 8.04. The first kappa shape index (κ1) is 6.03. The molecule has 0 amide bonds. The van der Waals surface area contributed by atoms with Gasteiger partial charge >= 0.3 is 0 Å². The van der Waals surface area contributed by atoms with E-state index in [2.05, 4.69) is 0 Å². The number of hydrogen-bond donors (Lipinski definition) is 2. The third-order valence-corrected chi connectivity index (χ3v) is 0. The summed E-state index contributed by atoms with van der Waals surface area (Å²) in [6, 6.07) is 0. The van der Waals surface area contributed by atoms with Gasteiger partial charge in [0.25, 0.3) is 0 Å². The second-order valence-electron chi connectivity index (χ2n) is 1.15. The smallest absolute Gasteiger partial charge is 0.0281 e. The molecule has 0 aliphatic rings. The molecular weight excluding hydrogens is 108 g/mol. The van der Waals surface area contributed by atoms with Crippen molar-refractivity contribution in [1.82, 2.24) is 0 Å². The molecule has 0 saturated heterocycles. The minimum atomic E-state index is -5.35. The fourth-order valence-corrected chi connectivity index (χ4v) is 0. The lowest BCUT2D eigenvalue weighted by molar-refractivity contribution is 0.282. The van der Waals surface area contributed by atoms with Crippen LogP contribution in [0.25, 0.3) is 0 Å². The maximum Gasteiger partial charge on any atom is 0.0281 e. The zero-order valence-corrected chi connectivity index (χ0v) is 3.94. The Hall–Kier alpha value is 0.0300. The molecule has 2 N–H and O–H groups in total. The standard InChI is InChI=1S/CH6O4S/c1-6(2,3,4)5/h1H3,(H3,2,3,4,5)/p-1. The van der Waals surface area contributed by atoms with Crippen molar-refractivity contribution in [3.63, 3.8) is 0 Å². The summed E-state index contributed by atoms with van der Waals surface area (Å²) in [5.74, 6) is 0. The average Bonchev–Trinajstić information content (AvgIpc) is 0.650. The zero-order chi connectivity index (χ0) is 5.45. The SMILES string of the molecule is CS(=O)([O-])(O)O. The lowest BCUT2D eigenvalue weighted by Gasteiger charge is -2.30. The Labute approximate surface area is 35.1 Å². The molecule has 6 heavy (non-hydrogen) atoms. The Morgan fingerprint density at radius 2 is 1.67 bits per heavy atom. The van der Waals surface area contributed by atoms with Crippen molar-refractivity contribution in [3.8, 4) is 0 Å². The molecule has 0 spiro atoms. The summed E-state index contributed by atoms with van der Waals surface area (Å²) in [6.45, 7) is 0. The highest BCUT2D eigenvalue weighted by Crippen LogP contribution is 1.98. The van der Waals surface area contributed by atoms with Crippen LogP contribution in [0.5, 0.6) is 0 Å². The van der Waals surface area contributed by atoms with Crippen LogP contribution in [-0.2, 0) is 9.91 Å². The van der Waals surface area contributed by atoms with Crippen LogP contribution in [0.3, 0.4) is 0 Å². The summed E-state index contributed by atoms with van der Waals surface area (Å²) < 4.78 is 33.8. The van der Waals surface area contributed by atoms with E-state index in [9.17, 15) is 8.76 Å². The van der Waals surface area contributed by atoms with Gasteiger partial charge in [-0.1, -0.05) is 0 Å². The first-order valence-corrected chi connectivity index (χ1v) is 3.32. The van der Waals surface area contributed by atoms with Gasteiger partial charge in [0.05, 0.1) is 0 Å². The molecule has 0 bridgehead atoms. The fraction of sp³-hybridized carbons (Fsp3) is 1.00. The van der Waals surface area contributed by atoms with E-state index < -0.39 is 9.91 Å². The predicted molar refractivity (Wildman–Crippen MR) is 20.1 cm³/mol. The first-order chi connectivity index (χ1) is 2.24.